The maximum atomic E-state index is 13.2. The minimum absolute atomic E-state index is 0.0840. The van der Waals surface area contributed by atoms with Crippen molar-refractivity contribution in [2.24, 2.45) is 5.92 Å². The molecule has 0 unspecified atom stereocenters. The normalized spacial score (nSPS) is 21.7. The van der Waals surface area contributed by atoms with Gasteiger partial charge < -0.3 is 10.1 Å². The number of rotatable bonds is 4. The summed E-state index contributed by atoms with van der Waals surface area (Å²) in [5.41, 5.74) is 0.782. The van der Waals surface area contributed by atoms with Crippen molar-refractivity contribution in [2.75, 3.05) is 7.11 Å². The van der Waals surface area contributed by atoms with Crippen LogP contribution in [0.25, 0.3) is 10.8 Å². The van der Waals surface area contributed by atoms with Crippen LogP contribution in [0.3, 0.4) is 0 Å². The Balaban J connectivity index is 1.75. The monoisotopic (exact) mass is 379 g/mol. The highest BCUT2D eigenvalue weighted by Crippen LogP contribution is 2.38. The fourth-order valence-electron chi connectivity index (χ4n) is 3.79. The molecule has 0 spiro atoms. The third-order valence-corrected chi connectivity index (χ3v) is 5.48. The molecule has 2 aromatic rings. The Bertz CT molecular complexity index is 819. The molecule has 1 aliphatic rings. The largest absolute Gasteiger partial charge is 0.497 e. The Morgan fingerprint density at radius 3 is 2.48 bits per heavy atom. The molecule has 1 aliphatic carbocycles. The molecule has 1 fully saturated rings. The van der Waals surface area contributed by atoms with Crippen molar-refractivity contribution in [1.82, 2.24) is 5.32 Å². The van der Waals surface area contributed by atoms with Gasteiger partial charge in [-0.25, -0.2) is 0 Å². The topological polar surface area (TPSA) is 38.3 Å². The lowest BCUT2D eigenvalue weighted by molar-refractivity contribution is -0.189. The SMILES string of the molecule is COc1ccc2cc([C@@H](C)C(=O)N[C@@H]3CCCC[C@@H]3C(F)(F)F)ccc2c1. The fourth-order valence-corrected chi connectivity index (χ4v) is 3.79. The minimum atomic E-state index is -4.27. The van der Waals surface area contributed by atoms with Crippen LogP contribution < -0.4 is 10.1 Å². The van der Waals surface area contributed by atoms with Gasteiger partial charge in [-0.15, -0.1) is 0 Å². The van der Waals surface area contributed by atoms with Crippen LogP contribution in [0, 0.1) is 5.92 Å². The Hall–Kier alpha value is -2.24. The molecule has 3 atom stereocenters. The van der Waals surface area contributed by atoms with Gasteiger partial charge in [0.1, 0.15) is 5.75 Å². The second-order valence-electron chi connectivity index (χ2n) is 7.24. The van der Waals surface area contributed by atoms with Crippen molar-refractivity contribution in [1.29, 1.82) is 0 Å². The Kier molecular flexibility index (Phi) is 5.63. The van der Waals surface area contributed by atoms with Crippen LogP contribution in [0.5, 0.6) is 5.75 Å². The number of nitrogens with one attached hydrogen (secondary N) is 1. The highest BCUT2D eigenvalue weighted by atomic mass is 19.4. The summed E-state index contributed by atoms with van der Waals surface area (Å²) in [6.45, 7) is 1.73. The molecule has 146 valence electrons. The summed E-state index contributed by atoms with van der Waals surface area (Å²) in [7, 11) is 1.60. The third-order valence-electron chi connectivity index (χ3n) is 5.48. The quantitative estimate of drug-likeness (QED) is 0.794. The van der Waals surface area contributed by atoms with E-state index in [0.717, 1.165) is 22.1 Å². The number of benzene rings is 2. The van der Waals surface area contributed by atoms with Gasteiger partial charge in [-0.05, 0) is 48.2 Å². The number of hydrogen-bond acceptors (Lipinski definition) is 2. The van der Waals surface area contributed by atoms with Gasteiger partial charge in [0.2, 0.25) is 5.91 Å². The first-order chi connectivity index (χ1) is 12.8. The number of methoxy groups -OCH3 is 1. The van der Waals surface area contributed by atoms with Gasteiger partial charge in [-0.3, -0.25) is 4.79 Å². The van der Waals surface area contributed by atoms with E-state index in [4.69, 9.17) is 4.74 Å². The van der Waals surface area contributed by atoms with E-state index in [0.29, 0.717) is 19.3 Å². The van der Waals surface area contributed by atoms with E-state index in [1.807, 2.05) is 36.4 Å². The molecule has 1 saturated carbocycles. The van der Waals surface area contributed by atoms with Crippen LogP contribution in [0.2, 0.25) is 0 Å². The first-order valence-electron chi connectivity index (χ1n) is 9.24. The van der Waals surface area contributed by atoms with Crippen LogP contribution in [-0.4, -0.2) is 25.2 Å². The van der Waals surface area contributed by atoms with E-state index >= 15 is 0 Å². The number of carbonyl (C=O) groups excluding carboxylic acids is 1. The molecule has 1 N–H and O–H groups in total. The second kappa shape index (κ2) is 7.79. The van der Waals surface area contributed by atoms with Gasteiger partial charge in [0.25, 0.3) is 0 Å². The van der Waals surface area contributed by atoms with Gasteiger partial charge in [0.15, 0.2) is 0 Å². The Labute approximate surface area is 156 Å². The molecule has 2 aromatic carbocycles. The summed E-state index contributed by atoms with van der Waals surface area (Å²) in [4.78, 5) is 12.6. The number of halogens is 3. The molecule has 0 bridgehead atoms. The summed E-state index contributed by atoms with van der Waals surface area (Å²) in [5.74, 6) is -1.58. The number of alkyl halides is 3. The molecular weight excluding hydrogens is 355 g/mol. The maximum absolute atomic E-state index is 13.2. The van der Waals surface area contributed by atoms with Crippen molar-refractivity contribution in [2.45, 2.75) is 50.7 Å². The third kappa shape index (κ3) is 4.37. The molecule has 0 saturated heterocycles. The van der Waals surface area contributed by atoms with Crippen molar-refractivity contribution in [3.8, 4) is 5.75 Å². The van der Waals surface area contributed by atoms with Crippen molar-refractivity contribution in [3.05, 3.63) is 42.0 Å². The van der Waals surface area contributed by atoms with Crippen LogP contribution in [0.1, 0.15) is 44.1 Å². The van der Waals surface area contributed by atoms with Crippen molar-refractivity contribution in [3.63, 3.8) is 0 Å². The van der Waals surface area contributed by atoms with E-state index in [9.17, 15) is 18.0 Å². The van der Waals surface area contributed by atoms with Crippen LogP contribution in [0.4, 0.5) is 13.2 Å². The lowest BCUT2D eigenvalue weighted by atomic mass is 9.83. The average molecular weight is 379 g/mol. The van der Waals surface area contributed by atoms with Gasteiger partial charge >= 0.3 is 6.18 Å². The highest BCUT2D eigenvalue weighted by molar-refractivity contribution is 5.88. The van der Waals surface area contributed by atoms with E-state index in [2.05, 4.69) is 5.32 Å². The molecule has 3 nitrogen and oxygen atoms in total. The molecular formula is C21H24F3NO2. The van der Waals surface area contributed by atoms with E-state index in [-0.39, 0.29) is 12.3 Å². The number of fused-ring (bicyclic) bond motifs is 1. The van der Waals surface area contributed by atoms with E-state index in [1.54, 1.807) is 14.0 Å². The first kappa shape index (κ1) is 19.5. The summed E-state index contributed by atoms with van der Waals surface area (Å²) in [6.07, 6.45) is -2.55. The summed E-state index contributed by atoms with van der Waals surface area (Å²) >= 11 is 0. The standard InChI is InChI=1S/C21H24F3NO2/c1-13(14-7-8-16-12-17(27-2)10-9-15(16)11-14)20(26)25-19-6-4-3-5-18(19)21(22,23)24/h7-13,18-19H,3-6H2,1-2H3,(H,25,26)/t13-,18+,19-/m1/s1. The zero-order valence-electron chi connectivity index (χ0n) is 15.5. The lowest BCUT2D eigenvalue weighted by Gasteiger charge is -2.34. The lowest BCUT2D eigenvalue weighted by Crippen LogP contribution is -2.48. The number of amides is 1. The van der Waals surface area contributed by atoms with Crippen LogP contribution >= 0.6 is 0 Å². The zero-order valence-corrected chi connectivity index (χ0v) is 15.5. The van der Waals surface area contributed by atoms with E-state index in [1.165, 1.54) is 0 Å². The smallest absolute Gasteiger partial charge is 0.393 e. The number of ether oxygens (including phenoxy) is 1. The van der Waals surface area contributed by atoms with Gasteiger partial charge in [-0.2, -0.15) is 13.2 Å². The average Bonchev–Trinajstić information content (AvgIpc) is 2.66. The molecule has 0 aliphatic heterocycles. The number of hydrogen-bond donors (Lipinski definition) is 1. The van der Waals surface area contributed by atoms with Crippen molar-refractivity contribution < 1.29 is 22.7 Å². The summed E-state index contributed by atoms with van der Waals surface area (Å²) in [6, 6.07) is 10.5. The Morgan fingerprint density at radius 1 is 1.11 bits per heavy atom. The maximum Gasteiger partial charge on any atom is 0.393 e. The van der Waals surface area contributed by atoms with Crippen molar-refractivity contribution >= 4 is 16.7 Å². The van der Waals surface area contributed by atoms with E-state index < -0.39 is 24.1 Å². The predicted molar refractivity (Wildman–Crippen MR) is 98.9 cm³/mol. The highest BCUT2D eigenvalue weighted by Gasteiger charge is 2.46. The molecule has 0 radical (unpaired) electrons. The molecule has 0 heterocycles. The number of carbonyl (C=O) groups is 1. The van der Waals surface area contributed by atoms with Gasteiger partial charge in [0, 0.05) is 6.04 Å². The summed E-state index contributed by atoms with van der Waals surface area (Å²) in [5, 5.41) is 4.60. The first-order valence-corrected chi connectivity index (χ1v) is 9.24. The Morgan fingerprint density at radius 2 is 1.78 bits per heavy atom. The van der Waals surface area contributed by atoms with Crippen LogP contribution in [-0.2, 0) is 4.79 Å². The van der Waals surface area contributed by atoms with Gasteiger partial charge in [0.05, 0.1) is 18.9 Å². The molecule has 1 amide bonds. The second-order valence-corrected chi connectivity index (χ2v) is 7.24. The molecule has 0 aromatic heterocycles. The fraction of sp³-hybridized carbons (Fsp3) is 0.476. The minimum Gasteiger partial charge on any atom is -0.497 e. The molecule has 3 rings (SSSR count). The molecule has 27 heavy (non-hydrogen) atoms. The molecule has 6 heteroatoms. The predicted octanol–water partition coefficient (Wildman–Crippen LogP) is 5.19. The van der Waals surface area contributed by atoms with Gasteiger partial charge in [-0.1, -0.05) is 37.1 Å². The zero-order chi connectivity index (χ0) is 19.6. The van der Waals surface area contributed by atoms with Crippen LogP contribution in [0.15, 0.2) is 36.4 Å². The summed E-state index contributed by atoms with van der Waals surface area (Å²) < 4.78 is 44.9.